The van der Waals surface area contributed by atoms with Gasteiger partial charge in [-0.3, -0.25) is 0 Å². The van der Waals surface area contributed by atoms with E-state index in [1.54, 1.807) is 0 Å². The molecule has 2 rings (SSSR count). The van der Waals surface area contributed by atoms with Crippen molar-refractivity contribution >= 4 is 23.1 Å². The molecule has 0 radical (unpaired) electrons. The van der Waals surface area contributed by atoms with Crippen LogP contribution in [-0.2, 0) is 6.42 Å². The lowest BCUT2D eigenvalue weighted by Crippen LogP contribution is -2.44. The first-order valence-corrected chi connectivity index (χ1v) is 8.35. The highest BCUT2D eigenvalue weighted by Crippen LogP contribution is 2.28. The van der Waals surface area contributed by atoms with E-state index in [9.17, 15) is 0 Å². The van der Waals surface area contributed by atoms with Crippen LogP contribution < -0.4 is 5.73 Å². The number of thiophene rings is 1. The molecule has 1 aromatic rings. The van der Waals surface area contributed by atoms with Crippen molar-refractivity contribution < 1.29 is 0 Å². The van der Waals surface area contributed by atoms with E-state index in [4.69, 9.17) is 5.73 Å². The molecule has 1 aromatic heterocycles. The second kappa shape index (κ2) is 6.78. The van der Waals surface area contributed by atoms with E-state index in [2.05, 4.69) is 41.2 Å². The highest BCUT2D eigenvalue weighted by Gasteiger charge is 2.27. The minimum atomic E-state index is 0.574. The summed E-state index contributed by atoms with van der Waals surface area (Å²) < 4.78 is 0. The predicted octanol–water partition coefficient (Wildman–Crippen LogP) is 2.30. The van der Waals surface area contributed by atoms with Crippen LogP contribution in [0.15, 0.2) is 17.5 Å². The first kappa shape index (κ1) is 13.4. The van der Waals surface area contributed by atoms with Crippen LogP contribution in [0.25, 0.3) is 0 Å². The molecule has 1 saturated heterocycles. The molecule has 1 aliphatic rings. The van der Waals surface area contributed by atoms with Crippen LogP contribution in [0, 0.1) is 5.92 Å². The van der Waals surface area contributed by atoms with Crippen LogP contribution in [-0.4, -0.2) is 42.6 Å². The van der Waals surface area contributed by atoms with Gasteiger partial charge in [0.1, 0.15) is 0 Å². The number of hydrogen-bond acceptors (Lipinski definition) is 4. The molecule has 17 heavy (non-hydrogen) atoms. The van der Waals surface area contributed by atoms with E-state index >= 15 is 0 Å². The van der Waals surface area contributed by atoms with Gasteiger partial charge in [0.15, 0.2) is 0 Å². The van der Waals surface area contributed by atoms with E-state index in [-0.39, 0.29) is 0 Å². The quantitative estimate of drug-likeness (QED) is 0.860. The fourth-order valence-electron chi connectivity index (χ4n) is 2.50. The molecule has 2 heterocycles. The van der Waals surface area contributed by atoms with Gasteiger partial charge in [-0.25, -0.2) is 0 Å². The maximum atomic E-state index is 5.95. The molecule has 0 bridgehead atoms. The fraction of sp³-hybridized carbons (Fsp3) is 0.692. The summed E-state index contributed by atoms with van der Waals surface area (Å²) in [5, 5.41) is 2.16. The van der Waals surface area contributed by atoms with E-state index < -0.39 is 0 Å². The van der Waals surface area contributed by atoms with Gasteiger partial charge in [0.25, 0.3) is 0 Å². The van der Waals surface area contributed by atoms with Gasteiger partial charge < -0.3 is 10.6 Å². The maximum absolute atomic E-state index is 5.95. The SMILES string of the molecule is CN(CCc1cccs1)C(CN)C1CCSC1. The zero-order valence-corrected chi connectivity index (χ0v) is 12.1. The Balaban J connectivity index is 1.82. The summed E-state index contributed by atoms with van der Waals surface area (Å²) in [5.41, 5.74) is 5.95. The lowest BCUT2D eigenvalue weighted by atomic mass is 9.98. The van der Waals surface area contributed by atoms with Crippen LogP contribution in [0.3, 0.4) is 0 Å². The van der Waals surface area contributed by atoms with Gasteiger partial charge in [0.2, 0.25) is 0 Å². The summed E-state index contributed by atoms with van der Waals surface area (Å²) in [6, 6.07) is 4.93. The van der Waals surface area contributed by atoms with Gasteiger partial charge in [-0.15, -0.1) is 11.3 Å². The van der Waals surface area contributed by atoms with Crippen molar-refractivity contribution in [1.82, 2.24) is 4.90 Å². The van der Waals surface area contributed by atoms with Crippen molar-refractivity contribution in [3.8, 4) is 0 Å². The third kappa shape index (κ3) is 3.71. The Kier molecular flexibility index (Phi) is 5.35. The highest BCUT2D eigenvalue weighted by atomic mass is 32.2. The van der Waals surface area contributed by atoms with Crippen LogP contribution in [0.4, 0.5) is 0 Å². The third-order valence-electron chi connectivity index (χ3n) is 3.61. The average Bonchev–Trinajstić information content (AvgIpc) is 3.00. The number of rotatable bonds is 6. The minimum Gasteiger partial charge on any atom is -0.329 e. The van der Waals surface area contributed by atoms with Gasteiger partial charge in [-0.2, -0.15) is 11.8 Å². The van der Waals surface area contributed by atoms with E-state index in [0.717, 1.165) is 25.4 Å². The number of hydrogen-bond donors (Lipinski definition) is 1. The number of nitrogens with two attached hydrogens (primary N) is 1. The first-order chi connectivity index (χ1) is 8.31. The molecule has 96 valence electrons. The maximum Gasteiger partial charge on any atom is 0.0251 e. The van der Waals surface area contributed by atoms with E-state index in [0.29, 0.717) is 6.04 Å². The molecule has 0 aliphatic carbocycles. The normalized spacial score (nSPS) is 22.2. The summed E-state index contributed by atoms with van der Waals surface area (Å²) in [7, 11) is 2.23. The largest absolute Gasteiger partial charge is 0.329 e. The monoisotopic (exact) mass is 270 g/mol. The van der Waals surface area contributed by atoms with Crippen molar-refractivity contribution in [3.63, 3.8) is 0 Å². The van der Waals surface area contributed by atoms with Gasteiger partial charge in [0.05, 0.1) is 0 Å². The zero-order chi connectivity index (χ0) is 12.1. The predicted molar refractivity (Wildman–Crippen MR) is 78.9 cm³/mol. The summed E-state index contributed by atoms with van der Waals surface area (Å²) in [5.74, 6) is 3.42. The average molecular weight is 270 g/mol. The van der Waals surface area contributed by atoms with Crippen molar-refractivity contribution in [2.75, 3.05) is 31.6 Å². The Hall–Kier alpha value is -0.0300. The summed E-state index contributed by atoms with van der Waals surface area (Å²) >= 11 is 3.93. The van der Waals surface area contributed by atoms with Crippen molar-refractivity contribution in [2.45, 2.75) is 18.9 Å². The van der Waals surface area contributed by atoms with Crippen LogP contribution in [0.1, 0.15) is 11.3 Å². The van der Waals surface area contributed by atoms with E-state index in [1.807, 2.05) is 11.3 Å². The zero-order valence-electron chi connectivity index (χ0n) is 10.5. The molecule has 2 N–H and O–H groups in total. The van der Waals surface area contributed by atoms with Gasteiger partial charge in [-0.05, 0) is 48.8 Å². The molecule has 4 heteroatoms. The van der Waals surface area contributed by atoms with Crippen LogP contribution >= 0.6 is 23.1 Å². The Morgan fingerprint density at radius 2 is 2.47 bits per heavy atom. The lowest BCUT2D eigenvalue weighted by molar-refractivity contribution is 0.194. The van der Waals surface area contributed by atoms with Crippen LogP contribution in [0.5, 0.6) is 0 Å². The fourth-order valence-corrected chi connectivity index (χ4v) is 4.52. The molecular weight excluding hydrogens is 248 g/mol. The standard InChI is InChI=1S/C13H22N2S2/c1-15(6-4-12-3-2-7-17-12)13(9-14)11-5-8-16-10-11/h2-3,7,11,13H,4-6,8-10,14H2,1H3. The van der Waals surface area contributed by atoms with Crippen molar-refractivity contribution in [2.24, 2.45) is 11.7 Å². The van der Waals surface area contributed by atoms with Gasteiger partial charge in [0, 0.05) is 24.0 Å². The molecule has 2 unspecified atom stereocenters. The third-order valence-corrected chi connectivity index (χ3v) is 5.73. The van der Waals surface area contributed by atoms with Gasteiger partial charge >= 0.3 is 0 Å². The molecule has 0 spiro atoms. The number of nitrogens with zero attached hydrogens (tertiary/aromatic N) is 1. The Labute approximate surface area is 113 Å². The molecule has 0 aromatic carbocycles. The lowest BCUT2D eigenvalue weighted by Gasteiger charge is -2.31. The Bertz CT molecular complexity index is 307. The minimum absolute atomic E-state index is 0.574. The molecule has 0 saturated carbocycles. The number of likely N-dealkylation sites (N-methyl/N-ethyl adjacent to an activating group) is 1. The Morgan fingerprint density at radius 1 is 1.59 bits per heavy atom. The number of thioether (sulfide) groups is 1. The van der Waals surface area contributed by atoms with Crippen LogP contribution in [0.2, 0.25) is 0 Å². The molecular formula is C13H22N2S2. The molecule has 2 nitrogen and oxygen atoms in total. The smallest absolute Gasteiger partial charge is 0.0251 e. The molecule has 1 aliphatic heterocycles. The summed E-state index contributed by atoms with van der Waals surface area (Å²) in [4.78, 5) is 3.95. The molecule has 1 fully saturated rings. The molecule has 2 atom stereocenters. The highest BCUT2D eigenvalue weighted by molar-refractivity contribution is 7.99. The second-order valence-corrected chi connectivity index (χ2v) is 6.92. The van der Waals surface area contributed by atoms with Gasteiger partial charge in [-0.1, -0.05) is 6.07 Å². The Morgan fingerprint density at radius 3 is 3.06 bits per heavy atom. The second-order valence-electron chi connectivity index (χ2n) is 4.74. The summed E-state index contributed by atoms with van der Waals surface area (Å²) in [6.45, 7) is 1.93. The topological polar surface area (TPSA) is 29.3 Å². The molecule has 0 amide bonds. The van der Waals surface area contributed by atoms with Crippen molar-refractivity contribution in [1.29, 1.82) is 0 Å². The van der Waals surface area contributed by atoms with Crippen molar-refractivity contribution in [3.05, 3.63) is 22.4 Å². The summed E-state index contributed by atoms with van der Waals surface area (Å²) in [6.07, 6.45) is 2.50. The first-order valence-electron chi connectivity index (χ1n) is 6.31. The van der Waals surface area contributed by atoms with E-state index in [1.165, 1.54) is 22.8 Å².